The molecule has 2 heteroatoms. The molecule has 42 heavy (non-hydrogen) atoms. The molecular formula is C40H56Co2. The Morgan fingerprint density at radius 1 is 0.405 bits per heavy atom. The monoisotopic (exact) mass is 654 g/mol. The van der Waals surface area contributed by atoms with Gasteiger partial charge in [0.2, 0.25) is 0 Å². The Labute approximate surface area is 286 Å². The zero-order valence-corrected chi connectivity index (χ0v) is 28.7. The van der Waals surface area contributed by atoms with E-state index >= 15 is 0 Å². The second-order valence-corrected chi connectivity index (χ2v) is 12.4. The van der Waals surface area contributed by atoms with Gasteiger partial charge in [-0.1, -0.05) is 97.3 Å². The van der Waals surface area contributed by atoms with E-state index in [4.69, 9.17) is 0 Å². The van der Waals surface area contributed by atoms with Crippen LogP contribution in [-0.2, 0) is 33.6 Å². The van der Waals surface area contributed by atoms with Crippen molar-refractivity contribution in [1.82, 2.24) is 0 Å². The van der Waals surface area contributed by atoms with Crippen LogP contribution in [0.4, 0.5) is 0 Å². The van der Waals surface area contributed by atoms with Gasteiger partial charge in [-0.3, -0.25) is 0 Å². The van der Waals surface area contributed by atoms with Crippen LogP contribution in [0.1, 0.15) is 142 Å². The van der Waals surface area contributed by atoms with Gasteiger partial charge >= 0.3 is 0 Å². The molecule has 0 heterocycles. The van der Waals surface area contributed by atoms with Gasteiger partial charge in [0.25, 0.3) is 0 Å². The van der Waals surface area contributed by atoms with Crippen molar-refractivity contribution in [2.24, 2.45) is 0 Å². The third kappa shape index (κ3) is 12.3. The SMILES string of the molecule is CCCCCC[C]1[C]2CCCCC[C]3[C](C)[C]4CCCCC[C]1[C]2CCCCC[C]34.[CH]1[CH][CH][CH][CH]1.[CH]1[CH][CH][CH][CH]1.[Co].[Co]. The largest absolute Gasteiger partial charge is 0.0654 e. The summed E-state index contributed by atoms with van der Waals surface area (Å²) in [5, 5.41) is 0. The Bertz CT molecular complexity index is 564. The van der Waals surface area contributed by atoms with Crippen LogP contribution in [0.5, 0.6) is 0 Å². The average molecular weight is 655 g/mol. The van der Waals surface area contributed by atoms with E-state index in [1.54, 1.807) is 17.8 Å². The summed E-state index contributed by atoms with van der Waals surface area (Å²) in [5.41, 5.74) is 0. The maximum atomic E-state index is 2.43. The van der Waals surface area contributed by atoms with Crippen molar-refractivity contribution in [1.29, 1.82) is 0 Å². The molecule has 6 rings (SSSR count). The number of unbranched alkanes of at least 4 members (excludes halogenated alkanes) is 3. The van der Waals surface area contributed by atoms with Gasteiger partial charge < -0.3 is 0 Å². The fraction of sp³-hybridized carbons (Fsp3) is 0.550. The molecule has 0 N–H and O–H groups in total. The molecule has 6 aliphatic rings. The van der Waals surface area contributed by atoms with Crippen LogP contribution in [-0.4, -0.2) is 0 Å². The molecule has 0 spiro atoms. The van der Waals surface area contributed by atoms with Gasteiger partial charge in [0.15, 0.2) is 0 Å². The van der Waals surface area contributed by atoms with Crippen LogP contribution >= 0.6 is 0 Å². The topological polar surface area (TPSA) is 0 Å². The van der Waals surface area contributed by atoms with E-state index in [0.717, 1.165) is 0 Å². The summed E-state index contributed by atoms with van der Waals surface area (Å²) in [7, 11) is 0. The van der Waals surface area contributed by atoms with Crippen molar-refractivity contribution >= 4 is 0 Å². The Balaban J connectivity index is 0.000000433. The van der Waals surface area contributed by atoms with Gasteiger partial charge in [-0.25, -0.2) is 0 Å². The first-order valence-electron chi connectivity index (χ1n) is 17.0. The molecule has 6 aliphatic carbocycles. The summed E-state index contributed by atoms with van der Waals surface area (Å²) in [6.07, 6.45) is 48.0. The maximum absolute atomic E-state index is 2.43. The quantitative estimate of drug-likeness (QED) is 0.259. The van der Waals surface area contributed by atoms with Crippen LogP contribution in [0.15, 0.2) is 0 Å². The standard InChI is InChI=1S/C30H46.2C5H5.2Co/c1-3-4-5-9-19-27-28-20-13-6-10-16-24-23(2)25-17-11-7-14-21-29(27)30(28)22-15-8-12-18-26(24)25;2*1-2-4-5-3-1;;/h3-22H2,1-2H3;2*1-5H;;. The molecule has 0 aromatic rings. The fourth-order valence-corrected chi connectivity index (χ4v) is 7.32. The zero-order chi connectivity index (χ0) is 27.8. The molecule has 0 atom stereocenters. The van der Waals surface area contributed by atoms with E-state index in [-0.39, 0.29) is 33.6 Å². The smallest absolute Gasteiger partial charge is 0 e. The van der Waals surface area contributed by atoms with E-state index in [1.807, 2.05) is 93.8 Å². The Kier molecular flexibility index (Phi) is 21.8. The minimum atomic E-state index is 0. The predicted octanol–water partition coefficient (Wildman–Crippen LogP) is 11.5. The molecule has 0 aromatic carbocycles. The molecule has 2 bridgehead atoms. The third-order valence-corrected chi connectivity index (χ3v) is 9.54. The van der Waals surface area contributed by atoms with E-state index < -0.39 is 0 Å². The van der Waals surface area contributed by atoms with Crippen molar-refractivity contribution in [3.05, 3.63) is 112 Å². The predicted molar refractivity (Wildman–Crippen MR) is 173 cm³/mol. The molecule has 20 radical (unpaired) electrons. The molecule has 6 saturated carbocycles. The summed E-state index contributed by atoms with van der Waals surface area (Å²) in [6, 6.07) is 0. The number of hydrogen-bond donors (Lipinski definition) is 0. The van der Waals surface area contributed by atoms with Gasteiger partial charge in [-0.05, 0) is 156 Å². The first-order valence-corrected chi connectivity index (χ1v) is 17.0. The summed E-state index contributed by atoms with van der Waals surface area (Å²) in [5.74, 6) is 14.5. The van der Waals surface area contributed by atoms with E-state index in [9.17, 15) is 0 Å². The third-order valence-electron chi connectivity index (χ3n) is 9.54. The molecule has 0 saturated heterocycles. The molecule has 0 unspecified atom stereocenters. The second-order valence-electron chi connectivity index (χ2n) is 12.4. The molecular weight excluding hydrogens is 598 g/mol. The number of fused-ring (bicyclic) bond motifs is 4. The van der Waals surface area contributed by atoms with Crippen molar-refractivity contribution in [3.63, 3.8) is 0 Å². The molecule has 0 nitrogen and oxygen atoms in total. The number of rotatable bonds is 5. The molecule has 234 valence electrons. The van der Waals surface area contributed by atoms with E-state index in [2.05, 4.69) is 13.8 Å². The summed E-state index contributed by atoms with van der Waals surface area (Å²) >= 11 is 0. The summed E-state index contributed by atoms with van der Waals surface area (Å²) in [6.45, 7) is 4.77. The van der Waals surface area contributed by atoms with Crippen LogP contribution in [0.3, 0.4) is 0 Å². The minimum absolute atomic E-state index is 0. The van der Waals surface area contributed by atoms with E-state index in [0.29, 0.717) is 0 Å². The first-order chi connectivity index (χ1) is 19.8. The van der Waals surface area contributed by atoms with Gasteiger partial charge in [-0.2, -0.15) is 0 Å². The zero-order valence-electron chi connectivity index (χ0n) is 26.6. The second kappa shape index (κ2) is 23.4. The summed E-state index contributed by atoms with van der Waals surface area (Å²) < 4.78 is 0. The van der Waals surface area contributed by atoms with Gasteiger partial charge in [0.05, 0.1) is 0 Å². The molecule has 0 aromatic heterocycles. The van der Waals surface area contributed by atoms with Crippen molar-refractivity contribution in [2.75, 3.05) is 0 Å². The molecule has 6 fully saturated rings. The van der Waals surface area contributed by atoms with Gasteiger partial charge in [0.1, 0.15) is 0 Å². The van der Waals surface area contributed by atoms with E-state index in [1.165, 1.54) is 128 Å². The van der Waals surface area contributed by atoms with Gasteiger partial charge in [0, 0.05) is 33.6 Å². The van der Waals surface area contributed by atoms with Crippen LogP contribution in [0.25, 0.3) is 0 Å². The van der Waals surface area contributed by atoms with Crippen LogP contribution < -0.4 is 0 Å². The Morgan fingerprint density at radius 3 is 1.12 bits per heavy atom. The number of hydrogen-bond acceptors (Lipinski definition) is 0. The van der Waals surface area contributed by atoms with Crippen molar-refractivity contribution in [3.8, 4) is 0 Å². The van der Waals surface area contributed by atoms with Crippen LogP contribution in [0, 0.1) is 112 Å². The van der Waals surface area contributed by atoms with Crippen molar-refractivity contribution < 1.29 is 33.6 Å². The molecule has 0 amide bonds. The Hall–Kier alpha value is 1.01. The van der Waals surface area contributed by atoms with Crippen molar-refractivity contribution in [2.45, 2.75) is 142 Å². The average Bonchev–Trinajstić information content (AvgIpc) is 3.74. The first kappa shape index (κ1) is 39.2. The maximum Gasteiger partial charge on any atom is 0 e. The molecule has 0 aliphatic heterocycles. The normalized spacial score (nSPS) is 26.1. The summed E-state index contributed by atoms with van der Waals surface area (Å²) in [4.78, 5) is 0. The minimum Gasteiger partial charge on any atom is -0.0654 e. The fourth-order valence-electron chi connectivity index (χ4n) is 7.32. The van der Waals surface area contributed by atoms with Gasteiger partial charge in [-0.15, -0.1) is 0 Å². The van der Waals surface area contributed by atoms with Crippen LogP contribution in [0.2, 0.25) is 0 Å². The Morgan fingerprint density at radius 2 is 0.738 bits per heavy atom.